The zero-order valence-corrected chi connectivity index (χ0v) is 17.6. The molecule has 0 aliphatic heterocycles. The number of aliphatic carboxylic acids is 1. The number of alkyl halides is 3. The average Bonchev–Trinajstić information content (AvgIpc) is 3.26. The first-order chi connectivity index (χ1) is 15.1. The minimum Gasteiger partial charge on any atom is -0.481 e. The highest BCUT2D eigenvalue weighted by Crippen LogP contribution is 2.51. The van der Waals surface area contributed by atoms with Crippen LogP contribution in [0.2, 0.25) is 0 Å². The van der Waals surface area contributed by atoms with Crippen molar-refractivity contribution in [2.45, 2.75) is 45.2 Å². The van der Waals surface area contributed by atoms with Gasteiger partial charge in [-0.05, 0) is 61.1 Å². The summed E-state index contributed by atoms with van der Waals surface area (Å²) in [5, 5.41) is 18.5. The molecule has 1 aliphatic rings. The summed E-state index contributed by atoms with van der Waals surface area (Å²) in [7, 11) is 0. The molecule has 4 aromatic rings. The molecule has 0 bridgehead atoms. The van der Waals surface area contributed by atoms with Crippen LogP contribution in [0.15, 0.2) is 42.6 Å². The number of hydrogen-bond donors (Lipinski definition) is 2. The molecule has 32 heavy (non-hydrogen) atoms. The summed E-state index contributed by atoms with van der Waals surface area (Å²) < 4.78 is 42.2. The molecule has 2 heterocycles. The van der Waals surface area contributed by atoms with E-state index in [-0.39, 0.29) is 5.92 Å². The second-order valence-electron chi connectivity index (χ2n) is 8.99. The van der Waals surface area contributed by atoms with Crippen molar-refractivity contribution in [1.82, 2.24) is 14.8 Å². The second-order valence-corrected chi connectivity index (χ2v) is 8.99. The van der Waals surface area contributed by atoms with Crippen LogP contribution in [0.5, 0.6) is 0 Å². The van der Waals surface area contributed by atoms with Crippen molar-refractivity contribution in [3.63, 3.8) is 0 Å². The van der Waals surface area contributed by atoms with Crippen LogP contribution >= 0.6 is 0 Å². The van der Waals surface area contributed by atoms with Crippen molar-refractivity contribution in [2.24, 2.45) is 5.41 Å². The standard InChI is InChI=1S/C24H22F3N3O2/c1-13(2)21-18(11-23(6-7-23)22(31)32)17-10-19-14(12-28-29-19)8-20(17)30(21)16-5-3-4-15(9-16)24(25,26)27/h3-5,8-10,12-13H,6-7,11H2,1-2H3,(H,28,29)(H,31,32). The third-order valence-corrected chi connectivity index (χ3v) is 6.47. The third kappa shape index (κ3) is 3.16. The number of carbonyl (C=O) groups is 1. The number of aromatic amines is 1. The summed E-state index contributed by atoms with van der Waals surface area (Å²) in [5.41, 5.74) is 2.15. The monoisotopic (exact) mass is 441 g/mol. The molecule has 1 aliphatic carbocycles. The van der Waals surface area contributed by atoms with Crippen molar-refractivity contribution < 1.29 is 23.1 Å². The Bertz CT molecular complexity index is 1360. The van der Waals surface area contributed by atoms with Crippen LogP contribution in [0.1, 0.15) is 49.4 Å². The van der Waals surface area contributed by atoms with Crippen molar-refractivity contribution in [3.8, 4) is 5.69 Å². The molecule has 1 saturated carbocycles. The summed E-state index contributed by atoms with van der Waals surface area (Å²) in [4.78, 5) is 12.0. The van der Waals surface area contributed by atoms with E-state index in [1.807, 2.05) is 30.5 Å². The van der Waals surface area contributed by atoms with E-state index in [1.54, 1.807) is 12.3 Å². The first-order valence-electron chi connectivity index (χ1n) is 10.5. The Morgan fingerprint density at radius 2 is 2.00 bits per heavy atom. The molecule has 5 nitrogen and oxygen atoms in total. The molecule has 0 atom stereocenters. The number of fused-ring (bicyclic) bond motifs is 2. The normalized spacial score (nSPS) is 15.7. The lowest BCUT2D eigenvalue weighted by molar-refractivity contribution is -0.143. The van der Waals surface area contributed by atoms with Crippen LogP contribution in [-0.4, -0.2) is 25.8 Å². The fraction of sp³-hybridized carbons (Fsp3) is 0.333. The summed E-state index contributed by atoms with van der Waals surface area (Å²) in [6.45, 7) is 3.96. The number of rotatable bonds is 5. The van der Waals surface area contributed by atoms with Gasteiger partial charge in [0.05, 0.1) is 28.2 Å². The van der Waals surface area contributed by atoms with Gasteiger partial charge in [0, 0.05) is 22.2 Å². The predicted octanol–water partition coefficient (Wildman–Crippen LogP) is 6.06. The lowest BCUT2D eigenvalue weighted by Gasteiger charge is -2.18. The number of benzene rings is 2. The van der Waals surface area contributed by atoms with Gasteiger partial charge in [0.25, 0.3) is 0 Å². The first-order valence-corrected chi connectivity index (χ1v) is 10.5. The van der Waals surface area contributed by atoms with E-state index >= 15 is 0 Å². The molecule has 0 amide bonds. The van der Waals surface area contributed by atoms with E-state index in [9.17, 15) is 23.1 Å². The van der Waals surface area contributed by atoms with E-state index < -0.39 is 23.1 Å². The maximum Gasteiger partial charge on any atom is 0.416 e. The number of H-pyrrole nitrogens is 1. The van der Waals surface area contributed by atoms with Gasteiger partial charge < -0.3 is 9.67 Å². The van der Waals surface area contributed by atoms with Gasteiger partial charge in [-0.3, -0.25) is 9.89 Å². The van der Waals surface area contributed by atoms with Crippen molar-refractivity contribution in [3.05, 3.63) is 59.4 Å². The molecule has 2 aromatic carbocycles. The van der Waals surface area contributed by atoms with Gasteiger partial charge in [-0.15, -0.1) is 0 Å². The van der Waals surface area contributed by atoms with Crippen LogP contribution in [0, 0.1) is 5.41 Å². The molecule has 0 unspecified atom stereocenters. The molecule has 2 N–H and O–H groups in total. The minimum atomic E-state index is -4.46. The highest BCUT2D eigenvalue weighted by molar-refractivity contribution is 5.99. The van der Waals surface area contributed by atoms with E-state index in [4.69, 9.17) is 0 Å². The molecule has 166 valence electrons. The summed E-state index contributed by atoms with van der Waals surface area (Å²) in [6.07, 6.45) is -1.24. The number of carboxylic acid groups (broad SMARTS) is 1. The topological polar surface area (TPSA) is 70.9 Å². The predicted molar refractivity (Wildman–Crippen MR) is 115 cm³/mol. The Morgan fingerprint density at radius 3 is 2.62 bits per heavy atom. The van der Waals surface area contributed by atoms with E-state index in [0.29, 0.717) is 24.9 Å². The highest BCUT2D eigenvalue weighted by atomic mass is 19.4. The van der Waals surface area contributed by atoms with E-state index in [0.717, 1.165) is 45.2 Å². The van der Waals surface area contributed by atoms with Gasteiger partial charge in [0.2, 0.25) is 0 Å². The lowest BCUT2D eigenvalue weighted by Crippen LogP contribution is -2.18. The van der Waals surface area contributed by atoms with E-state index in [2.05, 4.69) is 10.2 Å². The lowest BCUT2D eigenvalue weighted by atomic mass is 9.91. The zero-order chi connectivity index (χ0) is 22.8. The molecule has 0 saturated heterocycles. The van der Waals surface area contributed by atoms with Crippen molar-refractivity contribution in [2.75, 3.05) is 0 Å². The van der Waals surface area contributed by atoms with Gasteiger partial charge >= 0.3 is 12.1 Å². The minimum absolute atomic E-state index is 0.0343. The summed E-state index contributed by atoms with van der Waals surface area (Å²) in [6, 6.07) is 9.12. The molecular formula is C24H22F3N3O2. The molecule has 0 radical (unpaired) electrons. The number of nitrogens with zero attached hydrogens (tertiary/aromatic N) is 2. The van der Waals surface area contributed by atoms with Gasteiger partial charge in [0.15, 0.2) is 0 Å². The molecule has 1 fully saturated rings. The number of aromatic nitrogens is 3. The van der Waals surface area contributed by atoms with Crippen LogP contribution in [0.4, 0.5) is 13.2 Å². The molecule has 0 spiro atoms. The van der Waals surface area contributed by atoms with Gasteiger partial charge in [-0.2, -0.15) is 18.3 Å². The molecule has 5 rings (SSSR count). The first kappa shape index (κ1) is 20.6. The second kappa shape index (κ2) is 6.85. The molecule has 2 aromatic heterocycles. The average molecular weight is 441 g/mol. The molecular weight excluding hydrogens is 419 g/mol. The summed E-state index contributed by atoms with van der Waals surface area (Å²) in [5.74, 6) is -0.859. The van der Waals surface area contributed by atoms with Gasteiger partial charge in [-0.25, -0.2) is 0 Å². The third-order valence-electron chi connectivity index (χ3n) is 6.47. The SMILES string of the molecule is CC(C)c1c(CC2(C(=O)O)CC2)c2cc3[nH]ncc3cc2n1-c1cccc(C(F)(F)F)c1. The Morgan fingerprint density at radius 1 is 1.25 bits per heavy atom. The van der Waals surface area contributed by atoms with Gasteiger partial charge in [0.1, 0.15) is 0 Å². The van der Waals surface area contributed by atoms with Crippen LogP contribution < -0.4 is 0 Å². The maximum absolute atomic E-state index is 13.5. The quantitative estimate of drug-likeness (QED) is 0.396. The van der Waals surface area contributed by atoms with Crippen molar-refractivity contribution in [1.29, 1.82) is 0 Å². The summed E-state index contributed by atoms with van der Waals surface area (Å²) >= 11 is 0. The maximum atomic E-state index is 13.5. The number of carboxylic acids is 1. The Hall–Kier alpha value is -3.29. The highest BCUT2D eigenvalue weighted by Gasteiger charge is 2.51. The number of halogens is 3. The van der Waals surface area contributed by atoms with E-state index in [1.165, 1.54) is 6.07 Å². The fourth-order valence-electron chi connectivity index (χ4n) is 4.66. The Labute approximate surface area is 181 Å². The van der Waals surface area contributed by atoms with Crippen LogP contribution in [0.25, 0.3) is 27.5 Å². The zero-order valence-electron chi connectivity index (χ0n) is 17.6. The smallest absolute Gasteiger partial charge is 0.416 e. The Kier molecular flexibility index (Phi) is 4.41. The Balaban J connectivity index is 1.84. The molecule has 8 heteroatoms. The fourth-order valence-corrected chi connectivity index (χ4v) is 4.66. The van der Waals surface area contributed by atoms with Crippen LogP contribution in [-0.2, 0) is 17.4 Å². The number of hydrogen-bond acceptors (Lipinski definition) is 2. The van der Waals surface area contributed by atoms with Crippen molar-refractivity contribution >= 4 is 27.8 Å². The van der Waals surface area contributed by atoms with Crippen LogP contribution in [0.3, 0.4) is 0 Å². The van der Waals surface area contributed by atoms with Gasteiger partial charge in [-0.1, -0.05) is 19.9 Å². The number of nitrogens with one attached hydrogen (secondary N) is 1. The largest absolute Gasteiger partial charge is 0.481 e.